The lowest BCUT2D eigenvalue weighted by atomic mass is 10.0. The lowest BCUT2D eigenvalue weighted by molar-refractivity contribution is -0.622. The number of anilines is 2. The molecule has 0 aliphatic carbocycles. The molecule has 3 aromatic rings. The average Bonchev–Trinajstić information content (AvgIpc) is 3.50. The number of nitrogens with one attached hydrogen (secondary N) is 1. The Morgan fingerprint density at radius 2 is 2.18 bits per heavy atom. The Kier molecular flexibility index (Phi) is 7.28. The summed E-state index contributed by atoms with van der Waals surface area (Å²) in [5, 5.41) is 22.7. The molecule has 2 atom stereocenters. The number of carboxylic acid groups (broad SMARTS) is 1. The largest absolute Gasteiger partial charge is 0.543 e. The molecule has 2 aliphatic heterocycles. The number of oxime groups is 1. The van der Waals surface area contributed by atoms with Crippen LogP contribution in [0.3, 0.4) is 0 Å². The van der Waals surface area contributed by atoms with Crippen LogP contribution in [-0.2, 0) is 26.3 Å². The van der Waals surface area contributed by atoms with Crippen molar-refractivity contribution in [2.24, 2.45) is 12.2 Å². The van der Waals surface area contributed by atoms with Gasteiger partial charge in [-0.3, -0.25) is 14.5 Å². The molecule has 19 heteroatoms. The molecule has 0 saturated carbocycles. The van der Waals surface area contributed by atoms with Crippen molar-refractivity contribution >= 4 is 75.1 Å². The summed E-state index contributed by atoms with van der Waals surface area (Å²) < 4.78 is 7.33. The van der Waals surface area contributed by atoms with Crippen LogP contribution in [0.5, 0.6) is 0 Å². The third kappa shape index (κ3) is 4.94. The number of hydrogen-bond acceptors (Lipinski definition) is 15. The van der Waals surface area contributed by atoms with Crippen LogP contribution in [0.2, 0.25) is 0 Å². The summed E-state index contributed by atoms with van der Waals surface area (Å²) in [6.07, 6.45) is 1.60. The number of aryl methyl sites for hydroxylation is 1. The summed E-state index contributed by atoms with van der Waals surface area (Å²) in [5.41, 5.74) is 12.2. The normalized spacial score (nSPS) is 19.2. The molecular weight excluding hydrogens is 570 g/mol. The van der Waals surface area contributed by atoms with Crippen LogP contribution < -0.4 is 26.4 Å². The zero-order chi connectivity index (χ0) is 27.8. The number of aliphatic carboxylic acids is 1. The number of carbonyl (C=O) groups is 3. The summed E-state index contributed by atoms with van der Waals surface area (Å²) in [5.74, 6) is -2.15. The predicted molar refractivity (Wildman–Crippen MR) is 139 cm³/mol. The fraction of sp³-hybridized carbons (Fsp3) is 0.350. The summed E-state index contributed by atoms with van der Waals surface area (Å²) in [7, 11) is 1.81. The van der Waals surface area contributed by atoms with Crippen LogP contribution in [0.25, 0.3) is 5.65 Å². The van der Waals surface area contributed by atoms with Gasteiger partial charge in [-0.25, -0.2) is 4.57 Å². The van der Waals surface area contributed by atoms with Crippen molar-refractivity contribution in [2.75, 3.05) is 29.6 Å². The van der Waals surface area contributed by atoms with Gasteiger partial charge >= 0.3 is 5.16 Å². The van der Waals surface area contributed by atoms with Crippen molar-refractivity contribution in [3.05, 3.63) is 29.5 Å². The van der Waals surface area contributed by atoms with E-state index in [1.54, 1.807) is 28.4 Å². The molecule has 0 spiro atoms. The van der Waals surface area contributed by atoms with Gasteiger partial charge in [0.2, 0.25) is 17.4 Å². The molecule has 204 valence electrons. The number of aromatic nitrogens is 6. The van der Waals surface area contributed by atoms with Crippen LogP contribution in [0.15, 0.2) is 34.0 Å². The van der Waals surface area contributed by atoms with Gasteiger partial charge in [-0.1, -0.05) is 19.8 Å². The highest BCUT2D eigenvalue weighted by Crippen LogP contribution is 2.41. The summed E-state index contributed by atoms with van der Waals surface area (Å²) in [4.78, 5) is 52.6. The second kappa shape index (κ2) is 10.7. The Balaban J connectivity index is 1.34. The molecule has 5 rings (SSSR count). The molecule has 3 aromatic heterocycles. The van der Waals surface area contributed by atoms with Crippen LogP contribution in [0.1, 0.15) is 12.7 Å². The summed E-state index contributed by atoms with van der Waals surface area (Å²) in [6.45, 7) is 1.86. The highest BCUT2D eigenvalue weighted by atomic mass is 32.2. The zero-order valence-electron chi connectivity index (χ0n) is 20.4. The number of β-lactam (4-membered cyclic amide) rings is 1. The molecule has 16 nitrogen and oxygen atoms in total. The fourth-order valence-corrected chi connectivity index (χ4v) is 6.80. The van der Waals surface area contributed by atoms with Crippen molar-refractivity contribution < 1.29 is 28.8 Å². The lowest BCUT2D eigenvalue weighted by Gasteiger charge is -2.50. The van der Waals surface area contributed by atoms with E-state index in [1.165, 1.54) is 23.5 Å². The van der Waals surface area contributed by atoms with Gasteiger partial charge in [0.15, 0.2) is 11.5 Å². The Labute approximate surface area is 232 Å². The number of thioether (sulfide) groups is 2. The lowest BCUT2D eigenvalue weighted by Crippen LogP contribution is -2.71. The zero-order valence-corrected chi connectivity index (χ0v) is 22.9. The minimum atomic E-state index is -1.49. The van der Waals surface area contributed by atoms with Gasteiger partial charge in [-0.15, -0.1) is 11.8 Å². The number of nitrogen functional groups attached to an aromatic ring is 2. The topological polar surface area (TPSA) is 224 Å². The summed E-state index contributed by atoms with van der Waals surface area (Å²) in [6, 6.07) is 0.661. The highest BCUT2D eigenvalue weighted by Gasteiger charge is 2.53. The molecular formula is C20H21N11O5S3. The standard InChI is InChI=1S/C20H21N11O5S3/c1-3-36-27-11(14-26-19(22)39-28-14)15(32)25-12-16(33)30-13(18(34)35)8(5-37-17(12)30)6-38-20-24-9(21)4-10-29(2)7-23-31(10)20/h4,7,12,17,21H,3,5-6H2,1-2H3,(H4,22,25,26,28,32,34,35)/b27-11-/t12?,17-/m0/s1. The molecule has 2 aliphatic rings. The second-order valence-corrected chi connectivity index (χ2v) is 11.0. The monoisotopic (exact) mass is 591 g/mol. The van der Waals surface area contributed by atoms with Gasteiger partial charge in [0, 0.05) is 23.0 Å². The van der Waals surface area contributed by atoms with Crippen molar-refractivity contribution in [1.82, 2.24) is 34.2 Å². The first-order chi connectivity index (χ1) is 18.7. The molecule has 0 aromatic carbocycles. The number of carbonyl (C=O) groups excluding carboxylic acids is 3. The Bertz CT molecular complexity index is 1550. The predicted octanol–water partition coefficient (Wildman–Crippen LogP) is -2.49. The molecule has 5 heterocycles. The Morgan fingerprint density at radius 1 is 1.38 bits per heavy atom. The average molecular weight is 592 g/mol. The van der Waals surface area contributed by atoms with Gasteiger partial charge in [-0.2, -0.15) is 9.36 Å². The molecule has 1 fully saturated rings. The fourth-order valence-electron chi connectivity index (χ4n) is 3.91. The molecule has 39 heavy (non-hydrogen) atoms. The van der Waals surface area contributed by atoms with Crippen LogP contribution in [0.4, 0.5) is 10.9 Å². The van der Waals surface area contributed by atoms with E-state index < -0.39 is 29.2 Å². The molecule has 0 bridgehead atoms. The number of fused-ring (bicyclic) bond motifs is 2. The number of nitrogens with two attached hydrogens (primary N) is 2. The van der Waals surface area contributed by atoms with Gasteiger partial charge in [-0.05, 0) is 24.3 Å². The molecule has 0 radical (unpaired) electrons. The Hall–Kier alpha value is -3.97. The summed E-state index contributed by atoms with van der Waals surface area (Å²) >= 11 is 3.41. The number of nitrogens with zero attached hydrogens (tertiary/aromatic N) is 8. The third-order valence-electron chi connectivity index (χ3n) is 5.66. The molecule has 1 saturated heterocycles. The first-order valence-corrected chi connectivity index (χ1v) is 14.1. The van der Waals surface area contributed by atoms with Crippen LogP contribution in [-0.4, -0.2) is 81.9 Å². The van der Waals surface area contributed by atoms with Crippen molar-refractivity contribution in [1.29, 1.82) is 0 Å². The Morgan fingerprint density at radius 3 is 2.87 bits per heavy atom. The van der Waals surface area contributed by atoms with Gasteiger partial charge in [0.1, 0.15) is 18.0 Å². The highest BCUT2D eigenvalue weighted by molar-refractivity contribution is 8.01. The van der Waals surface area contributed by atoms with E-state index in [1.807, 2.05) is 7.05 Å². The van der Waals surface area contributed by atoms with E-state index in [9.17, 15) is 19.5 Å². The maximum absolute atomic E-state index is 13.1. The van der Waals surface area contributed by atoms with E-state index in [0.717, 1.165) is 16.4 Å². The van der Waals surface area contributed by atoms with Gasteiger partial charge < -0.3 is 31.5 Å². The van der Waals surface area contributed by atoms with E-state index in [2.05, 4.69) is 29.9 Å². The number of amides is 2. The van der Waals surface area contributed by atoms with Crippen molar-refractivity contribution in [3.8, 4) is 0 Å². The van der Waals surface area contributed by atoms with E-state index in [4.69, 9.17) is 16.3 Å². The van der Waals surface area contributed by atoms with Gasteiger partial charge in [0.05, 0.1) is 24.8 Å². The molecule has 1 unspecified atom stereocenters. The van der Waals surface area contributed by atoms with E-state index in [0.29, 0.717) is 16.4 Å². The van der Waals surface area contributed by atoms with Crippen LogP contribution in [0, 0.1) is 0 Å². The molecule has 5 N–H and O–H groups in total. The minimum Gasteiger partial charge on any atom is -0.543 e. The number of hydrogen-bond donors (Lipinski definition) is 3. The first kappa shape index (κ1) is 26.6. The van der Waals surface area contributed by atoms with Crippen LogP contribution >= 0.6 is 35.1 Å². The first-order valence-electron chi connectivity index (χ1n) is 11.3. The molecule has 2 amide bonds. The van der Waals surface area contributed by atoms with Crippen molar-refractivity contribution in [2.45, 2.75) is 23.5 Å². The second-order valence-electron chi connectivity index (χ2n) is 8.18. The number of rotatable bonds is 9. The smallest absolute Gasteiger partial charge is 0.325 e. The van der Waals surface area contributed by atoms with E-state index in [-0.39, 0.29) is 46.3 Å². The third-order valence-corrected chi connectivity index (χ3v) is 8.56. The maximum atomic E-state index is 13.1. The number of carboxylic acids is 1. The van der Waals surface area contributed by atoms with Crippen molar-refractivity contribution in [3.63, 3.8) is 0 Å². The maximum Gasteiger partial charge on any atom is 0.325 e. The van der Waals surface area contributed by atoms with Gasteiger partial charge in [0.25, 0.3) is 17.5 Å². The van der Waals surface area contributed by atoms with E-state index >= 15 is 0 Å². The minimum absolute atomic E-state index is 0.0481. The SMILES string of the molecule is CCO/N=C(\C(=O)NC1C(=O)N2C(C(=O)[O-])=C(CSc3nc(N)cc4n(C)cn[n+]34)CS[C@@H]12)c1nsc(N)n1. The quantitative estimate of drug-likeness (QED) is 0.0585.